The first-order valence-electron chi connectivity index (χ1n) is 20.5. The normalized spacial score (nSPS) is 13.0. The second-order valence-electron chi connectivity index (χ2n) is 15.5. The van der Waals surface area contributed by atoms with Crippen LogP contribution in [0.3, 0.4) is 0 Å². The molecule has 7 rings (SSSR count). The topological polar surface area (TPSA) is 84.3 Å². The lowest BCUT2D eigenvalue weighted by molar-refractivity contribution is 0.308. The Hall–Kier alpha value is -5.48. The summed E-state index contributed by atoms with van der Waals surface area (Å²) in [5.74, 6) is 1.60. The number of hydrogen-bond acceptors (Lipinski definition) is 4. The Labute approximate surface area is 386 Å². The molecule has 1 saturated carbocycles. The molecule has 0 unspecified atom stereocenters. The molecule has 0 amide bonds. The molecule has 0 radical (unpaired) electrons. The van der Waals surface area contributed by atoms with Gasteiger partial charge in [-0.15, -0.1) is 0 Å². The summed E-state index contributed by atoms with van der Waals surface area (Å²) in [4.78, 5) is 3.95. The van der Waals surface area contributed by atoms with Crippen LogP contribution in [0.2, 0.25) is 15.1 Å². The van der Waals surface area contributed by atoms with E-state index in [0.717, 1.165) is 44.3 Å². The monoisotopic (exact) mass is 888 g/mol. The number of nitrogens with zero attached hydrogens (tertiary/aromatic N) is 4. The van der Waals surface area contributed by atoms with Crippen molar-refractivity contribution in [2.75, 3.05) is 0 Å². The fourth-order valence-corrected chi connectivity index (χ4v) is 5.73. The number of pyridine rings is 1. The summed E-state index contributed by atoms with van der Waals surface area (Å²) in [5, 5.41) is 27.5. The van der Waals surface area contributed by atoms with Crippen LogP contribution in [0.25, 0.3) is 0 Å². The smallest absolute Gasteiger partial charge is 0.141 e. The van der Waals surface area contributed by atoms with Crippen LogP contribution in [0.15, 0.2) is 121 Å². The molecular weight excluding hydrogens is 830 g/mol. The van der Waals surface area contributed by atoms with Gasteiger partial charge in [0.25, 0.3) is 0 Å². The van der Waals surface area contributed by atoms with Crippen molar-refractivity contribution in [2.45, 2.75) is 94.9 Å². The molecule has 1 aliphatic carbocycles. The van der Waals surface area contributed by atoms with Crippen LogP contribution < -0.4 is 0 Å². The van der Waals surface area contributed by atoms with E-state index >= 15 is 0 Å². The van der Waals surface area contributed by atoms with Crippen LogP contribution in [0, 0.1) is 107 Å². The molecular formula is C54H60Cl3FN4. The van der Waals surface area contributed by atoms with Crippen molar-refractivity contribution >= 4 is 34.8 Å². The third-order valence-corrected chi connectivity index (χ3v) is 10.4. The second-order valence-corrected chi connectivity index (χ2v) is 16.8. The molecule has 324 valence electrons. The molecule has 4 nitrogen and oxygen atoms in total. The van der Waals surface area contributed by atoms with Gasteiger partial charge in [0.2, 0.25) is 0 Å². The molecule has 8 heteroatoms. The Kier molecular flexibility index (Phi) is 26.9. The van der Waals surface area contributed by atoms with Gasteiger partial charge < -0.3 is 0 Å². The Morgan fingerprint density at radius 3 is 1.29 bits per heavy atom. The van der Waals surface area contributed by atoms with Crippen molar-refractivity contribution in [3.05, 3.63) is 204 Å². The average Bonchev–Trinajstić information content (AvgIpc) is 3.25. The van der Waals surface area contributed by atoms with Crippen LogP contribution in [0.1, 0.15) is 101 Å². The Morgan fingerprint density at radius 1 is 0.468 bits per heavy atom. The zero-order chi connectivity index (χ0) is 46.6. The Bertz CT molecular complexity index is 2230. The SMILES string of the molecule is CC1CCC(C)CC1.Cc1ccc(C#N)c(F)c1.Cc1ccc(C#N)cc1.Cc1ccc(C#N)cc1C.Cc1ccc(Cl)cc1.Cc1ccc(Cl)cc1C.Cc1ccc(Cl)cn1. The van der Waals surface area contributed by atoms with Gasteiger partial charge in [0, 0.05) is 21.9 Å². The molecule has 5 aromatic carbocycles. The fourth-order valence-electron chi connectivity index (χ4n) is 5.26. The van der Waals surface area contributed by atoms with E-state index in [2.05, 4.69) is 44.8 Å². The summed E-state index contributed by atoms with van der Waals surface area (Å²) < 4.78 is 12.6. The van der Waals surface area contributed by atoms with Crippen molar-refractivity contribution in [3.8, 4) is 18.2 Å². The number of halogens is 4. The molecule has 0 saturated heterocycles. The molecule has 1 aromatic heterocycles. The summed E-state index contributed by atoms with van der Waals surface area (Å²) >= 11 is 16.9. The molecule has 6 aromatic rings. The van der Waals surface area contributed by atoms with E-state index in [-0.39, 0.29) is 5.56 Å². The third-order valence-electron chi connectivity index (χ3n) is 9.72. The molecule has 1 heterocycles. The van der Waals surface area contributed by atoms with Gasteiger partial charge in [-0.25, -0.2) is 4.39 Å². The van der Waals surface area contributed by atoms with E-state index in [4.69, 9.17) is 50.6 Å². The maximum absolute atomic E-state index is 12.6. The van der Waals surface area contributed by atoms with E-state index in [9.17, 15) is 4.39 Å². The summed E-state index contributed by atoms with van der Waals surface area (Å²) in [6, 6.07) is 41.0. The van der Waals surface area contributed by atoms with Crippen LogP contribution in [0.4, 0.5) is 4.39 Å². The highest BCUT2D eigenvalue weighted by Crippen LogP contribution is 2.27. The van der Waals surface area contributed by atoms with Gasteiger partial charge in [-0.2, -0.15) is 15.8 Å². The van der Waals surface area contributed by atoms with Crippen molar-refractivity contribution in [1.82, 2.24) is 4.98 Å². The Morgan fingerprint density at radius 2 is 0.903 bits per heavy atom. The molecule has 62 heavy (non-hydrogen) atoms. The predicted molar refractivity (Wildman–Crippen MR) is 260 cm³/mol. The minimum Gasteiger partial charge on any atom is -0.260 e. The number of rotatable bonds is 0. The summed E-state index contributed by atoms with van der Waals surface area (Å²) in [7, 11) is 0. The van der Waals surface area contributed by atoms with Gasteiger partial charge in [0.05, 0.1) is 33.9 Å². The molecule has 1 fully saturated rings. The summed E-state index contributed by atoms with van der Waals surface area (Å²) in [5.41, 5.74) is 10.8. The number of aromatic nitrogens is 1. The molecule has 1 aliphatic rings. The molecule has 0 spiro atoms. The standard InChI is InChI=1S/C9H9N.C8H9Cl.C8H6FN.C8H7N.C8H16.C7H7Cl.C6H6ClN/c1-7-3-4-9(6-10)5-8(7)2;1-6-3-4-8(9)5-7(6)2;1-6-2-3-7(5-10)8(9)4-6;1-7-2-4-8(6-9)5-3-7;1-7-3-5-8(2)6-4-7;1-6-2-4-7(8)5-3-6;1-5-2-3-6(7)4-8-5/h3-5H,1-2H3;3-5H,1-2H3;2-4H,1H3;2-5H,1H3;7-8H,3-6H2,1-2H3;2-5H,1H3;2-4H,1H3. The Balaban J connectivity index is 0.000000362. The van der Waals surface area contributed by atoms with Crippen molar-refractivity contribution in [1.29, 1.82) is 15.8 Å². The maximum atomic E-state index is 12.6. The highest BCUT2D eigenvalue weighted by atomic mass is 35.5. The maximum Gasteiger partial charge on any atom is 0.141 e. The van der Waals surface area contributed by atoms with Gasteiger partial charge in [0.1, 0.15) is 11.9 Å². The third kappa shape index (κ3) is 24.7. The van der Waals surface area contributed by atoms with Crippen molar-refractivity contribution in [2.24, 2.45) is 11.8 Å². The van der Waals surface area contributed by atoms with Crippen LogP contribution in [-0.2, 0) is 0 Å². The van der Waals surface area contributed by atoms with Crippen LogP contribution in [0.5, 0.6) is 0 Å². The zero-order valence-electron chi connectivity index (χ0n) is 37.8. The second kappa shape index (κ2) is 30.5. The predicted octanol–water partition coefficient (Wildman–Crippen LogP) is 16.5. The number of aryl methyl sites for hydroxylation is 8. The van der Waals surface area contributed by atoms with Crippen LogP contribution in [-0.4, -0.2) is 4.98 Å². The minimum absolute atomic E-state index is 0.102. The first kappa shape index (κ1) is 54.5. The number of nitriles is 3. The van der Waals surface area contributed by atoms with E-state index in [1.807, 2.05) is 132 Å². The summed E-state index contributed by atoms with van der Waals surface area (Å²) in [6.45, 7) is 20.7. The lowest BCUT2D eigenvalue weighted by Gasteiger charge is -2.22. The van der Waals surface area contributed by atoms with E-state index in [0.29, 0.717) is 5.02 Å². The first-order valence-corrected chi connectivity index (χ1v) is 21.6. The van der Waals surface area contributed by atoms with Crippen LogP contribution >= 0.6 is 34.8 Å². The quantitative estimate of drug-likeness (QED) is 0.152. The number of benzene rings is 5. The van der Waals surface area contributed by atoms with Gasteiger partial charge in [0.15, 0.2) is 0 Å². The molecule has 0 N–H and O–H groups in total. The minimum atomic E-state index is -0.442. The van der Waals surface area contributed by atoms with E-state index in [1.54, 1.807) is 25.3 Å². The lowest BCUT2D eigenvalue weighted by atomic mass is 9.84. The van der Waals surface area contributed by atoms with E-state index in [1.165, 1.54) is 71.2 Å². The average molecular weight is 890 g/mol. The van der Waals surface area contributed by atoms with Gasteiger partial charge in [-0.05, 0) is 168 Å². The summed E-state index contributed by atoms with van der Waals surface area (Å²) in [6.07, 6.45) is 7.53. The molecule has 0 aliphatic heterocycles. The largest absolute Gasteiger partial charge is 0.260 e. The lowest BCUT2D eigenvalue weighted by Crippen LogP contribution is -2.08. The first-order chi connectivity index (χ1) is 29.4. The molecule has 0 bridgehead atoms. The number of hydrogen-bond donors (Lipinski definition) is 0. The highest BCUT2D eigenvalue weighted by molar-refractivity contribution is 6.31. The highest BCUT2D eigenvalue weighted by Gasteiger charge is 2.13. The zero-order valence-corrected chi connectivity index (χ0v) is 40.1. The fraction of sp³-hybridized carbons (Fsp3) is 0.296. The van der Waals surface area contributed by atoms with Crippen molar-refractivity contribution in [3.63, 3.8) is 0 Å². The van der Waals surface area contributed by atoms with E-state index < -0.39 is 5.82 Å². The van der Waals surface area contributed by atoms with Gasteiger partial charge in [-0.1, -0.05) is 128 Å². The van der Waals surface area contributed by atoms with Gasteiger partial charge >= 0.3 is 0 Å². The molecule has 0 atom stereocenters. The van der Waals surface area contributed by atoms with Gasteiger partial charge in [-0.3, -0.25) is 4.98 Å². The van der Waals surface area contributed by atoms with Crippen molar-refractivity contribution < 1.29 is 4.39 Å².